The summed E-state index contributed by atoms with van der Waals surface area (Å²) in [5.74, 6) is -0.501. The Labute approximate surface area is 155 Å². The number of quaternary nitrogens is 1. The quantitative estimate of drug-likeness (QED) is 0.812. The molecule has 0 radical (unpaired) electrons. The van der Waals surface area contributed by atoms with Gasteiger partial charge in [-0.15, -0.1) is 0 Å². The minimum atomic E-state index is -0.260. The highest BCUT2D eigenvalue weighted by molar-refractivity contribution is 5.96. The molecule has 3 unspecified atom stereocenters. The number of aliphatic hydroxyl groups is 1. The second-order valence-corrected chi connectivity index (χ2v) is 8.04. The van der Waals surface area contributed by atoms with Crippen LogP contribution in [-0.2, 0) is 4.79 Å². The first-order valence-electron chi connectivity index (χ1n) is 9.44. The van der Waals surface area contributed by atoms with Gasteiger partial charge in [0.05, 0.1) is 25.1 Å². The number of rotatable bonds is 4. The van der Waals surface area contributed by atoms with Crippen LogP contribution in [0.1, 0.15) is 30.9 Å². The Kier molecular flexibility index (Phi) is 4.06. The molecule has 2 heterocycles. The molecule has 5 heteroatoms. The van der Waals surface area contributed by atoms with Crippen molar-refractivity contribution in [1.82, 2.24) is 9.38 Å². The summed E-state index contributed by atoms with van der Waals surface area (Å²) in [6, 6.07) is 6.87. The molecule has 1 aromatic rings. The van der Waals surface area contributed by atoms with Crippen LogP contribution in [0.2, 0.25) is 0 Å². The zero-order valence-corrected chi connectivity index (χ0v) is 15.8. The van der Waals surface area contributed by atoms with Crippen molar-refractivity contribution in [1.29, 1.82) is 0 Å². The molecule has 3 N–H and O–H groups in total. The van der Waals surface area contributed by atoms with E-state index in [1.54, 1.807) is 0 Å². The normalized spacial score (nSPS) is 30.9. The van der Waals surface area contributed by atoms with E-state index in [0.717, 1.165) is 12.8 Å². The number of primary amides is 1. The van der Waals surface area contributed by atoms with Gasteiger partial charge < -0.3 is 10.8 Å². The van der Waals surface area contributed by atoms with Gasteiger partial charge in [0.2, 0.25) is 5.91 Å². The van der Waals surface area contributed by atoms with Gasteiger partial charge in [-0.05, 0) is 31.0 Å². The number of fused-ring (bicyclic) bond motifs is 2. The monoisotopic (exact) mass is 354 g/mol. The van der Waals surface area contributed by atoms with Gasteiger partial charge >= 0.3 is 0 Å². The van der Waals surface area contributed by atoms with Crippen LogP contribution in [0.3, 0.4) is 0 Å². The van der Waals surface area contributed by atoms with E-state index in [1.807, 2.05) is 0 Å². The van der Waals surface area contributed by atoms with Crippen molar-refractivity contribution in [2.75, 3.05) is 27.2 Å². The fraction of sp³-hybridized carbons (Fsp3) is 0.476. The third-order valence-corrected chi connectivity index (χ3v) is 6.59. The molecular weight excluding hydrogens is 326 g/mol. The molecule has 0 fully saturated rings. The summed E-state index contributed by atoms with van der Waals surface area (Å²) >= 11 is 0. The van der Waals surface area contributed by atoms with E-state index in [2.05, 4.69) is 56.4 Å². The van der Waals surface area contributed by atoms with Gasteiger partial charge in [0.1, 0.15) is 17.9 Å². The average molecular weight is 354 g/mol. The molecule has 5 nitrogen and oxygen atoms in total. The van der Waals surface area contributed by atoms with Gasteiger partial charge in [0.25, 0.3) is 0 Å². The van der Waals surface area contributed by atoms with Gasteiger partial charge in [0, 0.05) is 24.2 Å². The second kappa shape index (κ2) is 6.05. The molecule has 4 rings (SSSR count). The number of carbonyl (C=O) groups is 1. The van der Waals surface area contributed by atoms with Crippen LogP contribution in [0.5, 0.6) is 0 Å². The second-order valence-electron chi connectivity index (χ2n) is 8.04. The number of carbonyl (C=O) groups excluding carboxylic acids is 1. The van der Waals surface area contributed by atoms with Crippen LogP contribution in [0, 0.1) is 5.92 Å². The highest BCUT2D eigenvalue weighted by Crippen LogP contribution is 2.52. The van der Waals surface area contributed by atoms with Gasteiger partial charge in [0.15, 0.2) is 0 Å². The van der Waals surface area contributed by atoms with Crippen molar-refractivity contribution in [2.45, 2.75) is 31.8 Å². The van der Waals surface area contributed by atoms with Crippen molar-refractivity contribution in [2.24, 2.45) is 11.7 Å². The molecule has 1 aliphatic carbocycles. The van der Waals surface area contributed by atoms with E-state index in [4.69, 9.17) is 5.73 Å². The van der Waals surface area contributed by atoms with Crippen LogP contribution in [-0.4, -0.2) is 55.2 Å². The molecule has 0 aromatic heterocycles. The van der Waals surface area contributed by atoms with E-state index in [0.29, 0.717) is 11.0 Å². The zero-order chi connectivity index (χ0) is 18.6. The predicted octanol–water partition coefficient (Wildman–Crippen LogP) is 1.95. The lowest BCUT2D eigenvalue weighted by Gasteiger charge is -2.40. The summed E-state index contributed by atoms with van der Waals surface area (Å²) in [5.41, 5.74) is 12.0. The minimum absolute atomic E-state index is 0.145. The van der Waals surface area contributed by atoms with Gasteiger partial charge in [-0.3, -0.25) is 14.2 Å². The summed E-state index contributed by atoms with van der Waals surface area (Å²) in [6.45, 7) is 2.97. The fourth-order valence-corrected chi connectivity index (χ4v) is 5.08. The van der Waals surface area contributed by atoms with E-state index < -0.39 is 0 Å². The number of likely N-dealkylation sites (N-methyl/N-ethyl adjacent to an activating group) is 2. The Bertz CT molecular complexity index is 825. The molecule has 1 amide bonds. The number of hydrogen-bond donors (Lipinski definition) is 2. The van der Waals surface area contributed by atoms with Gasteiger partial charge in [-0.25, -0.2) is 0 Å². The zero-order valence-electron chi connectivity index (χ0n) is 15.8. The number of aliphatic hydroxyl groups excluding tert-OH is 1. The molecule has 0 saturated carbocycles. The topological polar surface area (TPSA) is 66.6 Å². The minimum Gasteiger partial charge on any atom is -0.390 e. The summed E-state index contributed by atoms with van der Waals surface area (Å²) in [6.07, 6.45) is 6.28. The summed E-state index contributed by atoms with van der Waals surface area (Å²) in [7, 11) is 4.27. The highest BCUT2D eigenvalue weighted by Gasteiger charge is 2.46. The van der Waals surface area contributed by atoms with E-state index in [1.165, 1.54) is 28.0 Å². The van der Waals surface area contributed by atoms with Crippen LogP contribution in [0.15, 0.2) is 30.5 Å². The van der Waals surface area contributed by atoms with Crippen LogP contribution in [0.25, 0.3) is 11.1 Å². The molecule has 3 aliphatic rings. The van der Waals surface area contributed by atoms with Crippen molar-refractivity contribution in [3.63, 3.8) is 0 Å². The first-order valence-corrected chi connectivity index (χ1v) is 9.44. The Morgan fingerprint density at radius 1 is 1.46 bits per heavy atom. The van der Waals surface area contributed by atoms with Gasteiger partial charge in [-0.1, -0.05) is 25.1 Å². The van der Waals surface area contributed by atoms with Gasteiger partial charge in [-0.2, -0.15) is 0 Å². The molecular formula is C21H28N3O2+. The average Bonchev–Trinajstić information content (AvgIpc) is 2.91. The Morgan fingerprint density at radius 2 is 2.23 bits per heavy atom. The number of amides is 1. The number of nitrogens with two attached hydrogens (primary N) is 1. The predicted molar refractivity (Wildman–Crippen MR) is 105 cm³/mol. The lowest BCUT2D eigenvalue weighted by atomic mass is 9.77. The lowest BCUT2D eigenvalue weighted by molar-refractivity contribution is -0.121. The van der Waals surface area contributed by atoms with Crippen molar-refractivity contribution in [3.8, 4) is 0 Å². The third kappa shape index (κ3) is 2.31. The third-order valence-electron chi connectivity index (χ3n) is 6.59. The Hall–Kier alpha value is -1.95. The standard InChI is InChI=1S/C21H27N3O2/c1-4-15(12-25)24(3)11-14-9-18-17(8-13(21(22)26)10-23(18)2)16-6-5-7-19(24)20(14)16/h5-8,11,13,15,18,25H,4,9-10,12H2,1-3H3,(H-,22,26)/p+1/t13-,15?,18?,24?/m1/s1. The maximum atomic E-state index is 11.8. The van der Waals surface area contributed by atoms with Crippen LogP contribution < -0.4 is 10.2 Å². The first-order chi connectivity index (χ1) is 12.4. The van der Waals surface area contributed by atoms with E-state index in [9.17, 15) is 9.90 Å². The van der Waals surface area contributed by atoms with Crippen LogP contribution >= 0.6 is 0 Å². The summed E-state index contributed by atoms with van der Waals surface area (Å²) < 4.78 is 0.647. The van der Waals surface area contributed by atoms with Crippen LogP contribution in [0.4, 0.5) is 5.69 Å². The fourth-order valence-electron chi connectivity index (χ4n) is 5.08. The maximum Gasteiger partial charge on any atom is 0.225 e. The summed E-state index contributed by atoms with van der Waals surface area (Å²) in [4.78, 5) is 14.1. The molecule has 1 aromatic carbocycles. The molecule has 0 spiro atoms. The Morgan fingerprint density at radius 3 is 2.88 bits per heavy atom. The smallest absolute Gasteiger partial charge is 0.225 e. The number of nitrogens with zero attached hydrogens (tertiary/aromatic N) is 2. The highest BCUT2D eigenvalue weighted by atomic mass is 16.3. The lowest BCUT2D eigenvalue weighted by Crippen LogP contribution is -2.49. The molecule has 0 saturated heterocycles. The number of benzene rings is 1. The van der Waals surface area contributed by atoms with Crippen molar-refractivity contribution >= 4 is 22.7 Å². The molecule has 0 bridgehead atoms. The maximum absolute atomic E-state index is 11.8. The molecule has 138 valence electrons. The first kappa shape index (κ1) is 17.5. The van der Waals surface area contributed by atoms with E-state index in [-0.39, 0.29) is 30.5 Å². The van der Waals surface area contributed by atoms with E-state index >= 15 is 0 Å². The molecule has 4 atom stereocenters. The molecule has 2 aliphatic heterocycles. The van der Waals surface area contributed by atoms with Crippen molar-refractivity contribution < 1.29 is 9.90 Å². The summed E-state index contributed by atoms with van der Waals surface area (Å²) in [5, 5.41) is 9.95. The number of hydrogen-bond acceptors (Lipinski definition) is 3. The molecule has 26 heavy (non-hydrogen) atoms. The Balaban J connectivity index is 1.90. The SMILES string of the molecule is CCC(CO)[N+]1(C)C=C2CC3C(=C[C@@H](C(N)=O)CN3C)c3cccc1c32. The largest absolute Gasteiger partial charge is 0.390 e. The van der Waals surface area contributed by atoms with Crippen molar-refractivity contribution in [3.05, 3.63) is 41.6 Å².